The summed E-state index contributed by atoms with van der Waals surface area (Å²) < 4.78 is 5.40. The van der Waals surface area contributed by atoms with Crippen molar-refractivity contribution in [2.75, 3.05) is 36.7 Å². The maximum absolute atomic E-state index is 5.40. The number of hydrogen-bond donors (Lipinski definition) is 3. The highest BCUT2D eigenvalue weighted by Gasteiger charge is 2.22. The smallest absolute Gasteiger partial charge is 0.223 e. The Morgan fingerprint density at radius 3 is 2.85 bits per heavy atom. The summed E-state index contributed by atoms with van der Waals surface area (Å²) in [5, 5.41) is 9.90. The lowest BCUT2D eigenvalue weighted by Crippen LogP contribution is -2.10. The molecule has 2 aromatic heterocycles. The largest absolute Gasteiger partial charge is 0.497 e. The van der Waals surface area contributed by atoms with Crippen LogP contribution in [0, 0.1) is 0 Å². The molecule has 3 heterocycles. The van der Waals surface area contributed by atoms with E-state index in [1.165, 1.54) is 0 Å². The number of hydrogen-bond acceptors (Lipinski definition) is 7. The number of aromatic nitrogens is 3. The molecule has 0 atom stereocenters. The van der Waals surface area contributed by atoms with Gasteiger partial charge in [-0.25, -0.2) is 9.97 Å². The Morgan fingerprint density at radius 2 is 2.06 bits per heavy atom. The van der Waals surface area contributed by atoms with Gasteiger partial charge in [0.15, 0.2) is 0 Å². The maximum atomic E-state index is 5.40. The lowest BCUT2D eigenvalue weighted by molar-refractivity contribution is 0.414. The molecular formula is C26H28N6O. The number of anilines is 3. The Hall–Kier alpha value is -4.13. The molecular weight excluding hydrogens is 412 g/mol. The lowest BCUT2D eigenvalue weighted by atomic mass is 10.0. The lowest BCUT2D eigenvalue weighted by Gasteiger charge is -2.12. The highest BCUT2D eigenvalue weighted by Crippen LogP contribution is 2.39. The number of rotatable bonds is 7. The molecule has 168 valence electrons. The molecule has 7 nitrogen and oxygen atoms in total. The summed E-state index contributed by atoms with van der Waals surface area (Å²) in [5.74, 6) is 1.40. The van der Waals surface area contributed by atoms with Crippen LogP contribution in [0.4, 0.5) is 17.3 Å². The average Bonchev–Trinajstić information content (AvgIpc) is 2.95. The average molecular weight is 441 g/mol. The number of methoxy groups -OCH3 is 1. The number of nitrogens with one attached hydrogen (secondary N) is 3. The fourth-order valence-electron chi connectivity index (χ4n) is 3.73. The van der Waals surface area contributed by atoms with Gasteiger partial charge in [0.05, 0.1) is 24.7 Å². The first-order chi connectivity index (χ1) is 16.1. The fourth-order valence-corrected chi connectivity index (χ4v) is 3.73. The van der Waals surface area contributed by atoms with E-state index in [0.29, 0.717) is 12.5 Å². The molecule has 0 radical (unpaired) electrons. The summed E-state index contributed by atoms with van der Waals surface area (Å²) in [5.41, 5.74) is 7.50. The standard InChI is InChI=1S/C26H28N6O/c1-5-6-7-21-17(2)31-24-16-28-10-9-22(24)23-15-30-26(32-25(21)23)29-11-8-18-12-19(27-3)14-20(13-18)33-4/h5-7,9-10,12-16,27,31H,2,8,11H2,1,3-4H3,(H,29,30,32)/b6-5-,21-7+. The molecule has 3 N–H and O–H groups in total. The Balaban J connectivity index is 1.62. The molecule has 3 aromatic rings. The fraction of sp³-hybridized carbons (Fsp3) is 0.192. The van der Waals surface area contributed by atoms with E-state index < -0.39 is 0 Å². The van der Waals surface area contributed by atoms with Crippen LogP contribution in [0.25, 0.3) is 16.7 Å². The van der Waals surface area contributed by atoms with Crippen LogP contribution in [-0.4, -0.2) is 35.7 Å². The Kier molecular flexibility index (Phi) is 6.69. The van der Waals surface area contributed by atoms with Crippen molar-refractivity contribution in [3.8, 4) is 16.9 Å². The molecule has 0 saturated heterocycles. The molecule has 0 aliphatic carbocycles. The predicted molar refractivity (Wildman–Crippen MR) is 136 cm³/mol. The van der Waals surface area contributed by atoms with Crippen LogP contribution < -0.4 is 20.7 Å². The number of nitrogens with zero attached hydrogens (tertiary/aromatic N) is 3. The van der Waals surface area contributed by atoms with E-state index in [1.807, 2.05) is 56.6 Å². The van der Waals surface area contributed by atoms with Crippen LogP contribution in [0.3, 0.4) is 0 Å². The summed E-state index contributed by atoms with van der Waals surface area (Å²) in [4.78, 5) is 13.7. The minimum Gasteiger partial charge on any atom is -0.497 e. The zero-order valence-corrected chi connectivity index (χ0v) is 19.1. The zero-order valence-electron chi connectivity index (χ0n) is 19.1. The van der Waals surface area contributed by atoms with Crippen LogP contribution in [-0.2, 0) is 6.42 Å². The molecule has 33 heavy (non-hydrogen) atoms. The minimum absolute atomic E-state index is 0.571. The van der Waals surface area contributed by atoms with Crippen molar-refractivity contribution in [3.63, 3.8) is 0 Å². The van der Waals surface area contributed by atoms with Crippen LogP contribution in [0.5, 0.6) is 5.75 Å². The second kappa shape index (κ2) is 9.99. The molecule has 7 heteroatoms. The highest BCUT2D eigenvalue weighted by atomic mass is 16.5. The maximum Gasteiger partial charge on any atom is 0.223 e. The molecule has 1 aliphatic heterocycles. The van der Waals surface area contributed by atoms with Crippen molar-refractivity contribution in [3.05, 3.63) is 84.6 Å². The van der Waals surface area contributed by atoms with Crippen molar-refractivity contribution in [1.82, 2.24) is 15.0 Å². The third-order valence-corrected chi connectivity index (χ3v) is 5.41. The summed E-state index contributed by atoms with van der Waals surface area (Å²) in [6, 6.07) is 8.09. The molecule has 4 rings (SSSR count). The number of ether oxygens (including phenoxy) is 1. The van der Waals surface area contributed by atoms with E-state index in [2.05, 4.69) is 38.6 Å². The van der Waals surface area contributed by atoms with Gasteiger partial charge in [0.1, 0.15) is 5.75 Å². The van der Waals surface area contributed by atoms with E-state index in [4.69, 9.17) is 9.72 Å². The number of pyridine rings is 1. The van der Waals surface area contributed by atoms with Crippen molar-refractivity contribution < 1.29 is 4.74 Å². The van der Waals surface area contributed by atoms with Gasteiger partial charge in [0, 0.05) is 60.1 Å². The van der Waals surface area contributed by atoms with Crippen LogP contribution in [0.2, 0.25) is 0 Å². The van der Waals surface area contributed by atoms with Gasteiger partial charge < -0.3 is 20.7 Å². The summed E-state index contributed by atoms with van der Waals surface area (Å²) in [7, 11) is 3.58. The van der Waals surface area contributed by atoms with Gasteiger partial charge in [-0.1, -0.05) is 24.8 Å². The van der Waals surface area contributed by atoms with Crippen LogP contribution >= 0.6 is 0 Å². The van der Waals surface area contributed by atoms with Gasteiger partial charge in [-0.15, -0.1) is 0 Å². The second-order valence-electron chi connectivity index (χ2n) is 7.58. The van der Waals surface area contributed by atoms with E-state index in [9.17, 15) is 0 Å². The van der Waals surface area contributed by atoms with Crippen molar-refractivity contribution >= 4 is 22.9 Å². The Labute approximate surface area is 194 Å². The first-order valence-electron chi connectivity index (χ1n) is 10.8. The molecule has 0 fully saturated rings. The van der Waals surface area contributed by atoms with E-state index in [-0.39, 0.29) is 0 Å². The molecule has 0 saturated carbocycles. The van der Waals surface area contributed by atoms with Gasteiger partial charge >= 0.3 is 0 Å². The number of benzene rings is 1. The molecule has 0 amide bonds. The van der Waals surface area contributed by atoms with Gasteiger partial charge in [0.2, 0.25) is 5.95 Å². The van der Waals surface area contributed by atoms with Crippen molar-refractivity contribution in [2.24, 2.45) is 0 Å². The zero-order chi connectivity index (χ0) is 23.2. The SMILES string of the molecule is C=C1Nc2cnccc2-c2cnc(NCCc3cc(NC)cc(OC)c3)nc2/C1=C/C=C\C. The first kappa shape index (κ1) is 22.1. The summed E-state index contributed by atoms with van der Waals surface area (Å²) >= 11 is 0. The molecule has 0 unspecified atom stereocenters. The third kappa shape index (κ3) is 4.87. The van der Waals surface area contributed by atoms with E-state index >= 15 is 0 Å². The molecule has 1 aliphatic rings. The molecule has 0 bridgehead atoms. The van der Waals surface area contributed by atoms with E-state index in [0.717, 1.165) is 57.2 Å². The quantitative estimate of drug-likeness (QED) is 0.469. The normalized spacial score (nSPS) is 13.8. The second-order valence-corrected chi connectivity index (χ2v) is 7.58. The van der Waals surface area contributed by atoms with Crippen LogP contribution in [0.1, 0.15) is 18.2 Å². The number of allylic oxidation sites excluding steroid dienone is 4. The number of fused-ring (bicyclic) bond motifs is 3. The Morgan fingerprint density at radius 1 is 1.18 bits per heavy atom. The van der Waals surface area contributed by atoms with Crippen molar-refractivity contribution in [1.29, 1.82) is 0 Å². The minimum atomic E-state index is 0.571. The van der Waals surface area contributed by atoms with E-state index in [1.54, 1.807) is 19.5 Å². The topological polar surface area (TPSA) is 84.0 Å². The first-order valence-corrected chi connectivity index (χ1v) is 10.8. The van der Waals surface area contributed by atoms with Crippen LogP contribution in [0.15, 0.2) is 73.4 Å². The van der Waals surface area contributed by atoms with Gasteiger partial charge in [-0.05, 0) is 37.1 Å². The van der Waals surface area contributed by atoms with Gasteiger partial charge in [-0.2, -0.15) is 0 Å². The Bertz CT molecular complexity index is 1210. The van der Waals surface area contributed by atoms with Crippen molar-refractivity contribution in [2.45, 2.75) is 13.3 Å². The predicted octanol–water partition coefficient (Wildman–Crippen LogP) is 5.14. The highest BCUT2D eigenvalue weighted by molar-refractivity contribution is 5.95. The molecule has 0 spiro atoms. The monoisotopic (exact) mass is 440 g/mol. The summed E-state index contributed by atoms with van der Waals surface area (Å²) in [6.07, 6.45) is 12.2. The molecule has 1 aromatic carbocycles. The third-order valence-electron chi connectivity index (χ3n) is 5.41. The van der Waals surface area contributed by atoms with Gasteiger partial charge in [0.25, 0.3) is 0 Å². The van der Waals surface area contributed by atoms with Gasteiger partial charge in [-0.3, -0.25) is 4.98 Å². The summed E-state index contributed by atoms with van der Waals surface area (Å²) in [6.45, 7) is 6.89.